The third-order valence-corrected chi connectivity index (χ3v) is 6.78. The fourth-order valence-corrected chi connectivity index (χ4v) is 5.50. The number of aromatic amines is 1. The van der Waals surface area contributed by atoms with Gasteiger partial charge in [-0.3, -0.25) is 10.00 Å². The van der Waals surface area contributed by atoms with Crippen molar-refractivity contribution in [3.63, 3.8) is 0 Å². The Morgan fingerprint density at radius 2 is 2.14 bits per heavy atom. The number of fused-ring (bicyclic) bond motifs is 3. The van der Waals surface area contributed by atoms with Crippen LogP contribution < -0.4 is 10.6 Å². The van der Waals surface area contributed by atoms with Gasteiger partial charge in [-0.2, -0.15) is 15.3 Å². The number of piperidine rings is 1. The molecular formula is C20H24N8S. The van der Waals surface area contributed by atoms with Crippen LogP contribution in [0.3, 0.4) is 0 Å². The van der Waals surface area contributed by atoms with Gasteiger partial charge in [0.2, 0.25) is 5.95 Å². The maximum absolute atomic E-state index is 8.92. The average Bonchev–Trinajstić information content (AvgIpc) is 3.39. The van der Waals surface area contributed by atoms with E-state index in [2.05, 4.69) is 31.8 Å². The van der Waals surface area contributed by atoms with Gasteiger partial charge < -0.3 is 10.6 Å². The van der Waals surface area contributed by atoms with Gasteiger partial charge in [0.05, 0.1) is 11.5 Å². The molecule has 0 saturated carbocycles. The summed E-state index contributed by atoms with van der Waals surface area (Å²) in [4.78, 5) is 13.0. The van der Waals surface area contributed by atoms with E-state index >= 15 is 0 Å². The lowest BCUT2D eigenvalue weighted by Crippen LogP contribution is -2.47. The van der Waals surface area contributed by atoms with Crippen LogP contribution in [0.5, 0.6) is 0 Å². The monoisotopic (exact) mass is 408 g/mol. The van der Waals surface area contributed by atoms with Crippen molar-refractivity contribution in [3.8, 4) is 6.07 Å². The number of anilines is 3. The second-order valence-electron chi connectivity index (χ2n) is 7.94. The molecule has 9 heteroatoms. The zero-order chi connectivity index (χ0) is 19.8. The number of hydrogen-bond donors (Lipinski definition) is 3. The Labute approximate surface area is 173 Å². The highest BCUT2D eigenvalue weighted by Gasteiger charge is 2.40. The van der Waals surface area contributed by atoms with Crippen LogP contribution in [-0.2, 0) is 0 Å². The number of hydrogen-bond acceptors (Lipinski definition) is 8. The summed E-state index contributed by atoms with van der Waals surface area (Å²) in [6.45, 7) is 2.87. The SMILES string of the molecule is Cc1cc(Nc2nc(NC3C[C@H]4CC[C@@H](C3)N4CCC#N)nc3sccc23)n[nH]1. The quantitative estimate of drug-likeness (QED) is 0.570. The van der Waals surface area contributed by atoms with Crippen LogP contribution >= 0.6 is 11.3 Å². The zero-order valence-corrected chi connectivity index (χ0v) is 17.2. The van der Waals surface area contributed by atoms with Crippen LogP contribution in [0.4, 0.5) is 17.6 Å². The Morgan fingerprint density at radius 3 is 2.86 bits per heavy atom. The molecule has 3 aromatic heterocycles. The fourth-order valence-electron chi connectivity index (χ4n) is 4.74. The lowest BCUT2D eigenvalue weighted by molar-refractivity contribution is 0.135. The van der Waals surface area contributed by atoms with Gasteiger partial charge in [-0.05, 0) is 44.1 Å². The van der Waals surface area contributed by atoms with Crippen LogP contribution in [-0.4, -0.2) is 49.7 Å². The van der Waals surface area contributed by atoms with Gasteiger partial charge in [0, 0.05) is 42.9 Å². The number of aryl methyl sites for hydroxylation is 1. The molecule has 29 heavy (non-hydrogen) atoms. The van der Waals surface area contributed by atoms with E-state index in [1.165, 1.54) is 12.8 Å². The predicted molar refractivity (Wildman–Crippen MR) is 114 cm³/mol. The smallest absolute Gasteiger partial charge is 0.226 e. The van der Waals surface area contributed by atoms with Gasteiger partial charge >= 0.3 is 0 Å². The first-order valence-electron chi connectivity index (χ1n) is 10.1. The van der Waals surface area contributed by atoms with Gasteiger partial charge in [0.15, 0.2) is 5.82 Å². The molecule has 0 aromatic carbocycles. The predicted octanol–water partition coefficient (Wildman–Crippen LogP) is 3.79. The van der Waals surface area contributed by atoms with Gasteiger partial charge in [-0.25, -0.2) is 4.98 Å². The summed E-state index contributed by atoms with van der Waals surface area (Å²) in [5.74, 6) is 2.20. The molecule has 3 aromatic rings. The molecule has 0 radical (unpaired) electrons. The largest absolute Gasteiger partial charge is 0.351 e. The van der Waals surface area contributed by atoms with E-state index in [-0.39, 0.29) is 0 Å². The summed E-state index contributed by atoms with van der Waals surface area (Å²) >= 11 is 1.62. The minimum absolute atomic E-state index is 0.365. The third-order valence-electron chi connectivity index (χ3n) is 5.98. The molecule has 0 amide bonds. The van der Waals surface area contributed by atoms with E-state index in [4.69, 9.17) is 15.2 Å². The lowest BCUT2D eigenvalue weighted by atomic mass is 9.97. The van der Waals surface area contributed by atoms with E-state index in [9.17, 15) is 0 Å². The fraction of sp³-hybridized carbons (Fsp3) is 0.500. The van der Waals surface area contributed by atoms with Crippen molar-refractivity contribution in [2.45, 2.75) is 57.2 Å². The van der Waals surface area contributed by atoms with Crippen molar-refractivity contribution in [2.75, 3.05) is 17.2 Å². The molecule has 2 fully saturated rings. The molecule has 3 N–H and O–H groups in total. The summed E-state index contributed by atoms with van der Waals surface area (Å²) in [5.41, 5.74) is 1.00. The molecule has 2 bridgehead atoms. The van der Waals surface area contributed by atoms with E-state index < -0.39 is 0 Å². The first-order chi connectivity index (χ1) is 14.2. The molecule has 2 aliphatic heterocycles. The number of thiophene rings is 1. The van der Waals surface area contributed by atoms with Crippen LogP contribution in [0.15, 0.2) is 17.5 Å². The van der Waals surface area contributed by atoms with Crippen molar-refractivity contribution in [3.05, 3.63) is 23.2 Å². The van der Waals surface area contributed by atoms with Crippen molar-refractivity contribution < 1.29 is 0 Å². The maximum Gasteiger partial charge on any atom is 0.226 e. The first-order valence-corrected chi connectivity index (χ1v) is 11.0. The molecule has 0 aliphatic carbocycles. The molecular weight excluding hydrogens is 384 g/mol. The molecule has 150 valence electrons. The summed E-state index contributed by atoms with van der Waals surface area (Å²) in [7, 11) is 0. The standard InChI is InChI=1S/C20H24N8S/c1-12-9-17(27-26-12)23-18-16-5-8-29-19(16)25-20(24-18)22-13-10-14-3-4-15(11-13)28(14)7-2-6-21/h5,8-9,13-15H,2-4,7,10-11H2,1H3,(H3,22,23,24,25,26,27)/t13?,14-,15+. The van der Waals surface area contributed by atoms with E-state index in [0.29, 0.717) is 30.5 Å². The first kappa shape index (κ1) is 18.3. The van der Waals surface area contributed by atoms with Gasteiger partial charge in [0.1, 0.15) is 10.6 Å². The lowest BCUT2D eigenvalue weighted by Gasteiger charge is -2.38. The van der Waals surface area contributed by atoms with Crippen LogP contribution in [0.2, 0.25) is 0 Å². The van der Waals surface area contributed by atoms with Gasteiger partial charge in [-0.15, -0.1) is 11.3 Å². The van der Waals surface area contributed by atoms with Gasteiger partial charge in [0.25, 0.3) is 0 Å². The number of rotatable bonds is 6. The van der Waals surface area contributed by atoms with E-state index in [1.807, 2.05) is 24.4 Å². The van der Waals surface area contributed by atoms with Crippen LogP contribution in [0.1, 0.15) is 37.8 Å². The maximum atomic E-state index is 8.92. The topological polar surface area (TPSA) is 106 Å². The molecule has 1 unspecified atom stereocenters. The Balaban J connectivity index is 1.34. The van der Waals surface area contributed by atoms with Crippen molar-refractivity contribution in [2.24, 2.45) is 0 Å². The Hall–Kier alpha value is -2.70. The number of aromatic nitrogens is 4. The molecule has 2 saturated heterocycles. The van der Waals surface area contributed by atoms with Crippen molar-refractivity contribution in [1.82, 2.24) is 25.1 Å². The van der Waals surface area contributed by atoms with Crippen molar-refractivity contribution in [1.29, 1.82) is 5.26 Å². The highest BCUT2D eigenvalue weighted by atomic mass is 32.1. The summed E-state index contributed by atoms with van der Waals surface area (Å²) in [6, 6.07) is 7.78. The number of nitriles is 1. The second-order valence-corrected chi connectivity index (χ2v) is 8.83. The van der Waals surface area contributed by atoms with Crippen LogP contribution in [0.25, 0.3) is 10.2 Å². The normalized spacial score (nSPS) is 23.9. The highest BCUT2D eigenvalue weighted by molar-refractivity contribution is 7.16. The van der Waals surface area contributed by atoms with Crippen molar-refractivity contribution >= 4 is 39.1 Å². The molecule has 8 nitrogen and oxygen atoms in total. The summed E-state index contributed by atoms with van der Waals surface area (Å²) in [5, 5.41) is 26.1. The Bertz CT molecular complexity index is 1040. The minimum atomic E-state index is 0.365. The molecule has 2 aliphatic rings. The van der Waals surface area contributed by atoms with Crippen LogP contribution in [0, 0.1) is 18.3 Å². The van der Waals surface area contributed by atoms with Gasteiger partial charge in [-0.1, -0.05) is 0 Å². The van der Waals surface area contributed by atoms with E-state index in [0.717, 1.165) is 46.9 Å². The Kier molecular flexibility index (Phi) is 4.81. The molecule has 0 spiro atoms. The third kappa shape index (κ3) is 3.66. The molecule has 3 atom stereocenters. The molecule has 5 rings (SSSR count). The Morgan fingerprint density at radius 1 is 1.31 bits per heavy atom. The highest BCUT2D eigenvalue weighted by Crippen LogP contribution is 2.37. The van der Waals surface area contributed by atoms with E-state index in [1.54, 1.807) is 11.3 Å². The number of nitrogens with one attached hydrogen (secondary N) is 3. The minimum Gasteiger partial charge on any atom is -0.351 e. The second kappa shape index (κ2) is 7.61. The summed E-state index contributed by atoms with van der Waals surface area (Å²) < 4.78 is 0. The average molecular weight is 409 g/mol. The number of nitrogens with zero attached hydrogens (tertiary/aromatic N) is 5. The summed E-state index contributed by atoms with van der Waals surface area (Å²) in [6.07, 6.45) is 5.23. The zero-order valence-electron chi connectivity index (χ0n) is 16.4. The number of H-pyrrole nitrogens is 1. The molecule has 5 heterocycles.